The summed E-state index contributed by atoms with van der Waals surface area (Å²) >= 11 is 0. The normalized spacial score (nSPS) is 11.7. The molecule has 0 saturated carbocycles. The summed E-state index contributed by atoms with van der Waals surface area (Å²) in [5, 5.41) is 18.1. The highest BCUT2D eigenvalue weighted by molar-refractivity contribution is 5.87. The van der Waals surface area contributed by atoms with Crippen LogP contribution < -0.4 is 4.74 Å². The smallest absolute Gasteiger partial charge is 0.335 e. The number of hydrogen-bond acceptors (Lipinski definition) is 3. The van der Waals surface area contributed by atoms with Crippen LogP contribution in [0.2, 0.25) is 0 Å². The van der Waals surface area contributed by atoms with E-state index in [4.69, 9.17) is 14.9 Å². The van der Waals surface area contributed by atoms with Crippen LogP contribution in [0.1, 0.15) is 71.6 Å². The van der Waals surface area contributed by atoms with Gasteiger partial charge in [0, 0.05) is 6.42 Å². The van der Waals surface area contributed by atoms with E-state index in [0.29, 0.717) is 18.9 Å². The van der Waals surface area contributed by atoms with Crippen molar-refractivity contribution in [3.8, 4) is 5.75 Å². The van der Waals surface area contributed by atoms with Gasteiger partial charge >= 0.3 is 11.9 Å². The molecule has 0 radical (unpaired) electrons. The Morgan fingerprint density at radius 1 is 0.806 bits per heavy atom. The number of benzene rings is 3. The van der Waals surface area contributed by atoms with E-state index in [1.807, 2.05) is 30.3 Å². The maximum absolute atomic E-state index is 11.2. The van der Waals surface area contributed by atoms with Crippen molar-refractivity contribution in [3.63, 3.8) is 0 Å². The molecule has 3 rings (SSSR count). The van der Waals surface area contributed by atoms with Gasteiger partial charge < -0.3 is 14.9 Å². The molecule has 0 aliphatic carbocycles. The Balaban J connectivity index is 1.63. The highest BCUT2D eigenvalue weighted by Crippen LogP contribution is 2.26. The van der Waals surface area contributed by atoms with Crippen LogP contribution in [0.25, 0.3) is 0 Å². The number of aromatic carboxylic acids is 1. The molecule has 2 N–H and O–H groups in total. The lowest BCUT2D eigenvalue weighted by Crippen LogP contribution is -2.08. The molecule has 0 fully saturated rings. The monoisotopic (exact) mass is 488 g/mol. The summed E-state index contributed by atoms with van der Waals surface area (Å²) in [6.45, 7) is 2.67. The summed E-state index contributed by atoms with van der Waals surface area (Å²) in [6.07, 6.45) is 6.30. The largest absolute Gasteiger partial charge is 0.489 e. The summed E-state index contributed by atoms with van der Waals surface area (Å²) < 4.78 is 6.19. The number of aryl methyl sites for hydroxylation is 2. The highest BCUT2D eigenvalue weighted by Gasteiger charge is 2.14. The zero-order valence-electron chi connectivity index (χ0n) is 21.0. The van der Waals surface area contributed by atoms with E-state index in [1.54, 1.807) is 12.1 Å². The van der Waals surface area contributed by atoms with Crippen LogP contribution in [0.5, 0.6) is 5.75 Å². The van der Waals surface area contributed by atoms with Gasteiger partial charge in [-0.25, -0.2) is 4.79 Å². The molecule has 3 aromatic rings. The topological polar surface area (TPSA) is 83.8 Å². The molecule has 190 valence electrons. The van der Waals surface area contributed by atoms with E-state index < -0.39 is 11.9 Å². The third-order valence-electron chi connectivity index (χ3n) is 6.60. The van der Waals surface area contributed by atoms with Gasteiger partial charge in [0.05, 0.1) is 5.56 Å². The van der Waals surface area contributed by atoms with Gasteiger partial charge in [0.25, 0.3) is 0 Å². The van der Waals surface area contributed by atoms with E-state index in [2.05, 4.69) is 37.3 Å². The maximum Gasteiger partial charge on any atom is 0.335 e. The van der Waals surface area contributed by atoms with Crippen LogP contribution >= 0.6 is 0 Å². The summed E-state index contributed by atoms with van der Waals surface area (Å²) in [5.41, 5.74) is 5.00. The Hall–Kier alpha value is -3.60. The lowest BCUT2D eigenvalue weighted by molar-refractivity contribution is -0.137. The summed E-state index contributed by atoms with van der Waals surface area (Å²) in [4.78, 5) is 22.1. The molecule has 0 spiro atoms. The van der Waals surface area contributed by atoms with Crippen molar-refractivity contribution in [3.05, 3.63) is 101 Å². The Morgan fingerprint density at radius 3 is 2.14 bits per heavy atom. The molecule has 1 unspecified atom stereocenters. The number of hydrogen-bond donors (Lipinski definition) is 2. The van der Waals surface area contributed by atoms with Gasteiger partial charge in [-0.15, -0.1) is 0 Å². The first-order chi connectivity index (χ1) is 17.4. The molecule has 5 nitrogen and oxygen atoms in total. The number of aliphatic carboxylic acids is 1. The standard InChI is InChI=1S/C31H36O5/c1-2-23-11-13-26(14-12-23)22-36-29-9-5-4-8-27(29)18-15-24(7-3-6-10-30(32)33)21-25-16-19-28(20-17-25)31(34)35/h4-5,8-9,11-14,16-17,19-20,24H,2-3,6-7,10,15,18,21-22H2,1H3,(H,32,33)(H,34,35). The van der Waals surface area contributed by atoms with Gasteiger partial charge in [0.1, 0.15) is 12.4 Å². The minimum Gasteiger partial charge on any atom is -0.489 e. The van der Waals surface area contributed by atoms with Gasteiger partial charge in [-0.2, -0.15) is 0 Å². The molecular weight excluding hydrogens is 452 g/mol. The van der Waals surface area contributed by atoms with Gasteiger partial charge in [0.15, 0.2) is 0 Å². The van der Waals surface area contributed by atoms with E-state index in [0.717, 1.165) is 55.4 Å². The number of ether oxygens (including phenoxy) is 1. The quantitative estimate of drug-likeness (QED) is 0.226. The third kappa shape index (κ3) is 8.88. The third-order valence-corrected chi connectivity index (χ3v) is 6.60. The van der Waals surface area contributed by atoms with Gasteiger partial charge in [-0.05, 0) is 78.5 Å². The van der Waals surface area contributed by atoms with E-state index >= 15 is 0 Å². The Bertz CT molecular complexity index is 1100. The summed E-state index contributed by atoms with van der Waals surface area (Å²) in [6, 6.07) is 23.7. The van der Waals surface area contributed by atoms with E-state index in [1.165, 1.54) is 11.1 Å². The van der Waals surface area contributed by atoms with Crippen molar-refractivity contribution in [2.75, 3.05) is 0 Å². The number of carboxylic acids is 2. The second kappa shape index (κ2) is 14.1. The van der Waals surface area contributed by atoms with E-state index in [-0.39, 0.29) is 12.0 Å². The van der Waals surface area contributed by atoms with Crippen molar-refractivity contribution in [2.24, 2.45) is 5.92 Å². The lowest BCUT2D eigenvalue weighted by Gasteiger charge is -2.19. The fourth-order valence-electron chi connectivity index (χ4n) is 4.42. The van der Waals surface area contributed by atoms with Gasteiger partial charge in [-0.1, -0.05) is 74.4 Å². The number of carbonyl (C=O) groups is 2. The van der Waals surface area contributed by atoms with Crippen LogP contribution in [0.4, 0.5) is 0 Å². The van der Waals surface area contributed by atoms with Crippen molar-refractivity contribution >= 4 is 11.9 Å². The van der Waals surface area contributed by atoms with E-state index in [9.17, 15) is 9.59 Å². The molecular formula is C31H36O5. The Labute approximate surface area is 213 Å². The molecule has 0 saturated heterocycles. The van der Waals surface area contributed by atoms with Crippen molar-refractivity contribution in [2.45, 2.75) is 64.9 Å². The number of para-hydroxylation sites is 1. The maximum atomic E-state index is 11.2. The second-order valence-corrected chi connectivity index (χ2v) is 9.32. The predicted molar refractivity (Wildman–Crippen MR) is 142 cm³/mol. The van der Waals surface area contributed by atoms with Crippen LogP contribution in [0.15, 0.2) is 72.8 Å². The molecule has 0 heterocycles. The zero-order chi connectivity index (χ0) is 25.8. The summed E-state index contributed by atoms with van der Waals surface area (Å²) in [5.74, 6) is -0.424. The van der Waals surface area contributed by atoms with Crippen molar-refractivity contribution < 1.29 is 24.5 Å². The molecule has 1 atom stereocenters. The zero-order valence-corrected chi connectivity index (χ0v) is 21.0. The fourth-order valence-corrected chi connectivity index (χ4v) is 4.42. The first kappa shape index (κ1) is 27.0. The lowest BCUT2D eigenvalue weighted by atomic mass is 9.88. The van der Waals surface area contributed by atoms with Crippen LogP contribution in [-0.2, 0) is 30.7 Å². The summed E-state index contributed by atoms with van der Waals surface area (Å²) in [7, 11) is 0. The first-order valence-corrected chi connectivity index (χ1v) is 12.8. The SMILES string of the molecule is CCc1ccc(COc2ccccc2CCC(CCCCC(=O)O)Cc2ccc(C(=O)O)cc2)cc1. The van der Waals surface area contributed by atoms with Crippen LogP contribution in [-0.4, -0.2) is 22.2 Å². The van der Waals surface area contributed by atoms with Crippen molar-refractivity contribution in [1.29, 1.82) is 0 Å². The fraction of sp³-hybridized carbons (Fsp3) is 0.355. The molecule has 0 amide bonds. The van der Waals surface area contributed by atoms with Gasteiger partial charge in [-0.3, -0.25) is 4.79 Å². The number of carboxylic acid groups (broad SMARTS) is 2. The number of rotatable bonds is 15. The highest BCUT2D eigenvalue weighted by atomic mass is 16.5. The second-order valence-electron chi connectivity index (χ2n) is 9.32. The molecule has 5 heteroatoms. The predicted octanol–water partition coefficient (Wildman–Crippen LogP) is 6.96. The molecule has 0 aliphatic heterocycles. The molecule has 36 heavy (non-hydrogen) atoms. The molecule has 3 aromatic carbocycles. The Kier molecular flexibility index (Phi) is 10.6. The molecule has 0 aromatic heterocycles. The minimum atomic E-state index is -0.926. The van der Waals surface area contributed by atoms with Crippen LogP contribution in [0.3, 0.4) is 0 Å². The average molecular weight is 489 g/mol. The van der Waals surface area contributed by atoms with Gasteiger partial charge in [0.2, 0.25) is 0 Å². The molecule has 0 aliphatic rings. The average Bonchev–Trinajstić information content (AvgIpc) is 2.89. The van der Waals surface area contributed by atoms with Crippen LogP contribution in [0, 0.1) is 5.92 Å². The number of unbranched alkanes of at least 4 members (excludes halogenated alkanes) is 1. The minimum absolute atomic E-state index is 0.190. The first-order valence-electron chi connectivity index (χ1n) is 12.8. The Morgan fingerprint density at radius 2 is 1.47 bits per heavy atom. The van der Waals surface area contributed by atoms with Crippen molar-refractivity contribution in [1.82, 2.24) is 0 Å². The molecule has 0 bridgehead atoms.